The molecule has 0 atom stereocenters. The van der Waals surface area contributed by atoms with Crippen LogP contribution >= 0.6 is 11.8 Å². The van der Waals surface area contributed by atoms with E-state index in [0.29, 0.717) is 5.56 Å². The normalized spacial score (nSPS) is 9.69. The van der Waals surface area contributed by atoms with E-state index >= 15 is 0 Å². The molecule has 1 aromatic heterocycles. The molecule has 3 nitrogen and oxygen atoms in total. The van der Waals surface area contributed by atoms with Gasteiger partial charge in [-0.25, -0.2) is 9.97 Å². The second kappa shape index (κ2) is 5.29. The summed E-state index contributed by atoms with van der Waals surface area (Å²) >= 11 is 1.65. The molecule has 1 aromatic carbocycles. The predicted molar refractivity (Wildman–Crippen MR) is 62.8 cm³/mol. The van der Waals surface area contributed by atoms with Gasteiger partial charge in [-0.1, -0.05) is 12.1 Å². The Bertz CT molecular complexity index is 488. The minimum absolute atomic E-state index is 0.691. The van der Waals surface area contributed by atoms with Crippen molar-refractivity contribution >= 4 is 11.8 Å². The molecule has 0 aliphatic heterocycles. The van der Waals surface area contributed by atoms with E-state index in [1.165, 1.54) is 5.56 Å². The molecule has 1 heterocycles. The van der Waals surface area contributed by atoms with E-state index < -0.39 is 0 Å². The molecule has 0 spiro atoms. The summed E-state index contributed by atoms with van der Waals surface area (Å²) in [5.41, 5.74) is 1.87. The summed E-state index contributed by atoms with van der Waals surface area (Å²) in [6, 6.07) is 11.6. The number of rotatable bonds is 3. The van der Waals surface area contributed by atoms with Gasteiger partial charge in [0, 0.05) is 11.9 Å². The molecule has 2 aromatic rings. The minimum atomic E-state index is 0.691. The van der Waals surface area contributed by atoms with Crippen LogP contribution in [0.15, 0.2) is 47.9 Å². The topological polar surface area (TPSA) is 49.6 Å². The third-order valence-electron chi connectivity index (χ3n) is 2.02. The van der Waals surface area contributed by atoms with Crippen molar-refractivity contribution in [1.82, 2.24) is 9.97 Å². The molecule has 0 radical (unpaired) electrons. The van der Waals surface area contributed by atoms with Crippen molar-refractivity contribution in [1.29, 1.82) is 5.26 Å². The zero-order valence-corrected chi connectivity index (χ0v) is 9.31. The number of aromatic nitrogens is 2. The lowest BCUT2D eigenvalue weighted by Gasteiger charge is -2.00. The van der Waals surface area contributed by atoms with Crippen molar-refractivity contribution in [3.8, 4) is 6.07 Å². The van der Waals surface area contributed by atoms with Crippen molar-refractivity contribution in [2.24, 2.45) is 0 Å². The average Bonchev–Trinajstić information content (AvgIpc) is 2.38. The Kier molecular flexibility index (Phi) is 3.52. The van der Waals surface area contributed by atoms with Crippen LogP contribution in [0, 0.1) is 11.3 Å². The van der Waals surface area contributed by atoms with E-state index in [4.69, 9.17) is 5.26 Å². The largest absolute Gasteiger partial charge is 0.245 e. The molecule has 0 N–H and O–H groups in total. The number of benzene rings is 1. The van der Waals surface area contributed by atoms with Crippen LogP contribution in [-0.4, -0.2) is 9.97 Å². The van der Waals surface area contributed by atoms with Gasteiger partial charge in [-0.2, -0.15) is 5.26 Å². The third-order valence-corrected chi connectivity index (χ3v) is 3.04. The number of hydrogen-bond donors (Lipinski definition) is 0. The fourth-order valence-corrected chi connectivity index (χ4v) is 1.98. The number of nitrogens with zero attached hydrogens (tertiary/aromatic N) is 3. The Hall–Kier alpha value is -1.86. The Morgan fingerprint density at radius 1 is 1.19 bits per heavy atom. The molecule has 4 heteroatoms. The summed E-state index contributed by atoms with van der Waals surface area (Å²) in [5.74, 6) is 0.850. The average molecular weight is 227 g/mol. The maximum absolute atomic E-state index is 8.66. The maximum atomic E-state index is 8.66. The summed E-state index contributed by atoms with van der Waals surface area (Å²) in [6.07, 6.45) is 3.27. The van der Waals surface area contributed by atoms with Gasteiger partial charge in [0.15, 0.2) is 0 Å². The number of hydrogen-bond acceptors (Lipinski definition) is 4. The van der Waals surface area contributed by atoms with E-state index in [9.17, 15) is 0 Å². The van der Waals surface area contributed by atoms with Crippen molar-refractivity contribution in [3.63, 3.8) is 0 Å². The molecule has 2 rings (SSSR count). The molecular weight excluding hydrogens is 218 g/mol. The molecule has 0 saturated heterocycles. The monoisotopic (exact) mass is 227 g/mol. The molecule has 0 aliphatic rings. The lowest BCUT2D eigenvalue weighted by atomic mass is 10.2. The predicted octanol–water partition coefficient (Wildman–Crippen LogP) is 2.64. The van der Waals surface area contributed by atoms with E-state index in [2.05, 4.69) is 16.0 Å². The van der Waals surface area contributed by atoms with Gasteiger partial charge >= 0.3 is 0 Å². The van der Waals surface area contributed by atoms with Gasteiger partial charge in [-0.3, -0.25) is 0 Å². The summed E-state index contributed by atoms with van der Waals surface area (Å²) in [6.45, 7) is 0. The molecule has 0 fully saturated rings. The fraction of sp³-hybridized carbons (Fsp3) is 0.0833. The van der Waals surface area contributed by atoms with Crippen molar-refractivity contribution in [3.05, 3.63) is 54.0 Å². The van der Waals surface area contributed by atoms with Crippen molar-refractivity contribution < 1.29 is 0 Å². The van der Waals surface area contributed by atoms with Crippen LogP contribution in [0.5, 0.6) is 0 Å². The fourth-order valence-electron chi connectivity index (χ4n) is 1.20. The summed E-state index contributed by atoms with van der Waals surface area (Å²) in [4.78, 5) is 7.99. The zero-order valence-electron chi connectivity index (χ0n) is 8.50. The Labute approximate surface area is 98.2 Å². The number of nitriles is 1. The highest BCUT2D eigenvalue weighted by Crippen LogP contribution is 2.19. The molecule has 0 bridgehead atoms. The van der Waals surface area contributed by atoms with Crippen LogP contribution in [0.3, 0.4) is 0 Å². The first-order chi connectivity index (χ1) is 7.88. The molecule has 0 unspecified atom stereocenters. The standard InChI is InChI=1S/C12H9N3S/c13-7-10-1-3-11(4-2-10)8-16-12-5-6-14-9-15-12/h1-6,9H,8H2. The molecular formula is C12H9N3S. The molecule has 0 saturated carbocycles. The first-order valence-corrected chi connectivity index (χ1v) is 5.75. The van der Waals surface area contributed by atoms with E-state index in [1.807, 2.05) is 30.3 Å². The zero-order chi connectivity index (χ0) is 11.2. The third kappa shape index (κ3) is 2.81. The van der Waals surface area contributed by atoms with Gasteiger partial charge in [0.05, 0.1) is 16.7 Å². The van der Waals surface area contributed by atoms with Gasteiger partial charge in [-0.05, 0) is 23.8 Å². The van der Waals surface area contributed by atoms with E-state index in [0.717, 1.165) is 10.8 Å². The van der Waals surface area contributed by atoms with Crippen LogP contribution in [0.25, 0.3) is 0 Å². The van der Waals surface area contributed by atoms with E-state index in [1.54, 1.807) is 24.3 Å². The minimum Gasteiger partial charge on any atom is -0.245 e. The quantitative estimate of drug-likeness (QED) is 0.597. The van der Waals surface area contributed by atoms with Gasteiger partial charge in [-0.15, -0.1) is 11.8 Å². The summed E-state index contributed by atoms with van der Waals surface area (Å²) < 4.78 is 0. The highest BCUT2D eigenvalue weighted by Gasteiger charge is 1.97. The Balaban J connectivity index is 1.98. The van der Waals surface area contributed by atoms with Crippen LogP contribution in [0.1, 0.15) is 11.1 Å². The lowest BCUT2D eigenvalue weighted by molar-refractivity contribution is 1.05. The highest BCUT2D eigenvalue weighted by atomic mass is 32.2. The lowest BCUT2D eigenvalue weighted by Crippen LogP contribution is -1.84. The highest BCUT2D eigenvalue weighted by molar-refractivity contribution is 7.98. The second-order valence-electron chi connectivity index (χ2n) is 3.15. The van der Waals surface area contributed by atoms with Gasteiger partial charge in [0.1, 0.15) is 6.33 Å². The maximum Gasteiger partial charge on any atom is 0.116 e. The summed E-state index contributed by atoms with van der Waals surface area (Å²) in [7, 11) is 0. The van der Waals surface area contributed by atoms with Crippen LogP contribution in [-0.2, 0) is 5.75 Å². The van der Waals surface area contributed by atoms with E-state index in [-0.39, 0.29) is 0 Å². The Morgan fingerprint density at radius 3 is 2.62 bits per heavy atom. The van der Waals surface area contributed by atoms with Crippen molar-refractivity contribution in [2.75, 3.05) is 0 Å². The van der Waals surface area contributed by atoms with Gasteiger partial charge in [0.25, 0.3) is 0 Å². The van der Waals surface area contributed by atoms with Crippen molar-refractivity contribution in [2.45, 2.75) is 10.8 Å². The Morgan fingerprint density at radius 2 is 2.00 bits per heavy atom. The first kappa shape index (κ1) is 10.7. The molecule has 0 aliphatic carbocycles. The van der Waals surface area contributed by atoms with Crippen LogP contribution in [0.2, 0.25) is 0 Å². The molecule has 0 amide bonds. The SMILES string of the molecule is N#Cc1ccc(CSc2ccncn2)cc1. The summed E-state index contributed by atoms with van der Waals surface area (Å²) in [5, 5.41) is 9.62. The molecule has 78 valence electrons. The molecule has 16 heavy (non-hydrogen) atoms. The smallest absolute Gasteiger partial charge is 0.116 e. The second-order valence-corrected chi connectivity index (χ2v) is 4.14. The van der Waals surface area contributed by atoms with Crippen LogP contribution in [0.4, 0.5) is 0 Å². The van der Waals surface area contributed by atoms with Gasteiger partial charge in [0.2, 0.25) is 0 Å². The first-order valence-electron chi connectivity index (χ1n) is 4.76. The van der Waals surface area contributed by atoms with Gasteiger partial charge < -0.3 is 0 Å². The number of thioether (sulfide) groups is 1. The van der Waals surface area contributed by atoms with Crippen LogP contribution < -0.4 is 0 Å².